The predicted molar refractivity (Wildman–Crippen MR) is 73.3 cm³/mol. The maximum atomic E-state index is 10.2. The predicted octanol–water partition coefficient (Wildman–Crippen LogP) is 0.0816. The van der Waals surface area contributed by atoms with E-state index in [0.29, 0.717) is 16.9 Å². The van der Waals surface area contributed by atoms with E-state index in [2.05, 4.69) is 9.97 Å². The highest BCUT2D eigenvalue weighted by atomic mass is 32.1. The maximum absolute atomic E-state index is 10.2. The zero-order valence-electron chi connectivity index (χ0n) is 10.8. The molecular weight excluding hydrogens is 282 g/mol. The number of ether oxygens (including phenoxy) is 2. The number of nitrogen functional groups attached to an aromatic ring is 1. The number of thiophene rings is 1. The van der Waals surface area contributed by atoms with E-state index in [1.807, 2.05) is 5.38 Å². The second-order valence-corrected chi connectivity index (χ2v) is 5.54. The molecule has 0 radical (unpaired) electrons. The van der Waals surface area contributed by atoms with Crippen molar-refractivity contribution in [3.8, 4) is 0 Å². The number of hydrogen-bond acceptors (Lipinski definition) is 8. The Hall–Kier alpha value is -1.32. The summed E-state index contributed by atoms with van der Waals surface area (Å²) in [6.07, 6.45) is -1.85. The molecule has 0 amide bonds. The molecule has 1 saturated heterocycles. The quantitative estimate of drug-likeness (QED) is 0.735. The summed E-state index contributed by atoms with van der Waals surface area (Å²) in [5.41, 5.74) is 7.15. The van der Waals surface area contributed by atoms with Gasteiger partial charge in [0.25, 0.3) is 0 Å². The summed E-state index contributed by atoms with van der Waals surface area (Å²) in [7, 11) is 1.52. The van der Waals surface area contributed by atoms with Crippen molar-refractivity contribution in [2.45, 2.75) is 24.4 Å². The van der Waals surface area contributed by atoms with Crippen LogP contribution in [-0.2, 0) is 9.47 Å². The number of fused-ring (bicyclic) bond motifs is 1. The van der Waals surface area contributed by atoms with E-state index in [4.69, 9.17) is 15.2 Å². The van der Waals surface area contributed by atoms with Gasteiger partial charge in [0, 0.05) is 12.7 Å². The summed E-state index contributed by atoms with van der Waals surface area (Å²) < 4.78 is 11.4. The molecule has 1 aliphatic heterocycles. The molecule has 1 aliphatic rings. The van der Waals surface area contributed by atoms with Crippen LogP contribution in [0, 0.1) is 0 Å². The molecule has 0 spiro atoms. The molecule has 0 saturated carbocycles. The van der Waals surface area contributed by atoms with E-state index >= 15 is 0 Å². The van der Waals surface area contributed by atoms with Gasteiger partial charge in [0.2, 0.25) is 0 Å². The highest BCUT2D eigenvalue weighted by molar-refractivity contribution is 7.17. The lowest BCUT2D eigenvalue weighted by atomic mass is 10.0. The summed E-state index contributed by atoms with van der Waals surface area (Å²) in [5, 5.41) is 22.0. The Labute approximate surface area is 119 Å². The lowest BCUT2D eigenvalue weighted by molar-refractivity contribution is -0.0335. The van der Waals surface area contributed by atoms with Gasteiger partial charge in [-0.25, -0.2) is 9.97 Å². The Bertz CT molecular complexity index is 620. The number of rotatable bonds is 3. The van der Waals surface area contributed by atoms with Crippen molar-refractivity contribution in [1.29, 1.82) is 0 Å². The van der Waals surface area contributed by atoms with Crippen LogP contribution in [0.5, 0.6) is 0 Å². The second-order valence-electron chi connectivity index (χ2n) is 4.66. The molecule has 0 aromatic carbocycles. The first kappa shape index (κ1) is 13.7. The number of aliphatic hydroxyl groups is 2. The zero-order valence-corrected chi connectivity index (χ0v) is 11.6. The molecule has 3 heterocycles. The average Bonchev–Trinajstić information content (AvgIpc) is 2.97. The normalized spacial score (nSPS) is 30.1. The van der Waals surface area contributed by atoms with Crippen LogP contribution in [0.25, 0.3) is 10.2 Å². The molecule has 7 nitrogen and oxygen atoms in total. The second kappa shape index (κ2) is 5.23. The third-order valence-corrected chi connectivity index (χ3v) is 4.42. The Kier molecular flexibility index (Phi) is 3.57. The third-order valence-electron chi connectivity index (χ3n) is 3.41. The fourth-order valence-electron chi connectivity index (χ4n) is 2.40. The summed E-state index contributed by atoms with van der Waals surface area (Å²) in [4.78, 5) is 8.12. The Balaban J connectivity index is 1.97. The molecule has 0 unspecified atom stereocenters. The highest BCUT2D eigenvalue weighted by Crippen LogP contribution is 2.39. The SMILES string of the molecule is COC[C@H]1O[C@@H](c2csc3c(N)ncnc23)[C@H](O)[C@@H]1O. The van der Waals surface area contributed by atoms with Crippen LogP contribution < -0.4 is 5.73 Å². The monoisotopic (exact) mass is 297 g/mol. The van der Waals surface area contributed by atoms with Gasteiger partial charge in [-0.1, -0.05) is 0 Å². The Morgan fingerprint density at radius 1 is 1.40 bits per heavy atom. The van der Waals surface area contributed by atoms with Gasteiger partial charge in [0.1, 0.15) is 36.6 Å². The molecule has 0 bridgehead atoms. The zero-order chi connectivity index (χ0) is 14.3. The van der Waals surface area contributed by atoms with E-state index in [-0.39, 0.29) is 6.61 Å². The van der Waals surface area contributed by atoms with Crippen molar-refractivity contribution in [2.75, 3.05) is 19.5 Å². The molecular formula is C12H15N3O4S. The average molecular weight is 297 g/mol. The third kappa shape index (κ3) is 2.05. The van der Waals surface area contributed by atoms with Crippen molar-refractivity contribution in [1.82, 2.24) is 9.97 Å². The van der Waals surface area contributed by atoms with Gasteiger partial charge in [0.05, 0.1) is 16.8 Å². The van der Waals surface area contributed by atoms with Crippen LogP contribution in [0.15, 0.2) is 11.7 Å². The minimum atomic E-state index is -1.02. The molecule has 2 aromatic rings. The van der Waals surface area contributed by atoms with Crippen molar-refractivity contribution < 1.29 is 19.7 Å². The van der Waals surface area contributed by atoms with Gasteiger partial charge in [-0.2, -0.15) is 0 Å². The molecule has 2 aromatic heterocycles. The van der Waals surface area contributed by atoms with E-state index in [1.165, 1.54) is 24.8 Å². The summed E-state index contributed by atoms with van der Waals surface area (Å²) in [5.74, 6) is 0.396. The van der Waals surface area contributed by atoms with E-state index < -0.39 is 24.4 Å². The largest absolute Gasteiger partial charge is 0.387 e. The number of nitrogens with zero attached hydrogens (tertiary/aromatic N) is 2. The minimum Gasteiger partial charge on any atom is -0.387 e. The van der Waals surface area contributed by atoms with Gasteiger partial charge in [-0.15, -0.1) is 11.3 Å². The highest BCUT2D eigenvalue weighted by Gasteiger charge is 2.44. The van der Waals surface area contributed by atoms with E-state index in [1.54, 1.807) is 0 Å². The number of nitrogens with two attached hydrogens (primary N) is 1. The first-order valence-electron chi connectivity index (χ1n) is 6.11. The van der Waals surface area contributed by atoms with Crippen LogP contribution in [0.2, 0.25) is 0 Å². The number of aromatic nitrogens is 2. The molecule has 3 rings (SSSR count). The molecule has 1 fully saturated rings. The van der Waals surface area contributed by atoms with E-state index in [9.17, 15) is 10.2 Å². The van der Waals surface area contributed by atoms with Crippen molar-refractivity contribution in [3.05, 3.63) is 17.3 Å². The van der Waals surface area contributed by atoms with Crippen LogP contribution >= 0.6 is 11.3 Å². The first-order valence-corrected chi connectivity index (χ1v) is 6.99. The molecule has 20 heavy (non-hydrogen) atoms. The minimum absolute atomic E-state index is 0.216. The fourth-order valence-corrected chi connectivity index (χ4v) is 3.34. The van der Waals surface area contributed by atoms with Crippen LogP contribution in [0.1, 0.15) is 11.7 Å². The Morgan fingerprint density at radius 2 is 2.20 bits per heavy atom. The number of anilines is 1. The smallest absolute Gasteiger partial charge is 0.144 e. The van der Waals surface area contributed by atoms with Gasteiger partial charge in [0.15, 0.2) is 0 Å². The van der Waals surface area contributed by atoms with Crippen LogP contribution in [0.3, 0.4) is 0 Å². The van der Waals surface area contributed by atoms with Gasteiger partial charge in [-0.05, 0) is 5.38 Å². The standard InChI is InChI=1S/C12H15N3O4S/c1-18-2-6-8(16)9(17)10(19-6)5-3-20-11-7(5)14-4-15-12(11)13/h3-4,6,8-10,16-17H,2H2,1H3,(H2,13,14,15)/t6-,8-,9-,10+/m1/s1. The molecule has 0 aliphatic carbocycles. The van der Waals surface area contributed by atoms with Gasteiger partial charge < -0.3 is 25.4 Å². The van der Waals surface area contributed by atoms with Crippen molar-refractivity contribution in [3.63, 3.8) is 0 Å². The van der Waals surface area contributed by atoms with Crippen molar-refractivity contribution in [2.24, 2.45) is 0 Å². The van der Waals surface area contributed by atoms with Crippen LogP contribution in [0.4, 0.5) is 5.82 Å². The lowest BCUT2D eigenvalue weighted by Gasteiger charge is -2.13. The molecule has 4 atom stereocenters. The van der Waals surface area contributed by atoms with Crippen molar-refractivity contribution >= 4 is 27.4 Å². The summed E-state index contributed by atoms with van der Waals surface area (Å²) in [6, 6.07) is 0. The fraction of sp³-hybridized carbons (Fsp3) is 0.500. The van der Waals surface area contributed by atoms with Gasteiger partial charge >= 0.3 is 0 Å². The summed E-state index contributed by atoms with van der Waals surface area (Å²) in [6.45, 7) is 0.216. The maximum Gasteiger partial charge on any atom is 0.144 e. The lowest BCUT2D eigenvalue weighted by Crippen LogP contribution is -2.32. The molecule has 4 N–H and O–H groups in total. The first-order chi connectivity index (χ1) is 9.63. The van der Waals surface area contributed by atoms with Gasteiger partial charge in [-0.3, -0.25) is 0 Å². The molecule has 8 heteroatoms. The molecule has 108 valence electrons. The van der Waals surface area contributed by atoms with E-state index in [0.717, 1.165) is 4.70 Å². The summed E-state index contributed by atoms with van der Waals surface area (Å²) >= 11 is 1.39. The number of hydrogen-bond donors (Lipinski definition) is 3. The topological polar surface area (TPSA) is 111 Å². The van der Waals surface area contributed by atoms with Crippen LogP contribution in [-0.4, -0.2) is 52.2 Å². The number of methoxy groups -OCH3 is 1. The Morgan fingerprint density at radius 3 is 2.95 bits per heavy atom. The number of aliphatic hydroxyl groups excluding tert-OH is 2.